The SMILES string of the molecule is Cc1c(OCC2CCC2)cc(C(=O)O)cc1S(=O)(=O)Cl. The number of aromatic carboxylic acids is 1. The first-order chi connectivity index (χ1) is 9.29. The Hall–Kier alpha value is -1.27. The van der Waals surface area contributed by atoms with Crippen LogP contribution in [0.25, 0.3) is 0 Å². The molecule has 7 heteroatoms. The van der Waals surface area contributed by atoms with Crippen molar-refractivity contribution in [1.82, 2.24) is 0 Å². The third-order valence-corrected chi connectivity index (χ3v) is 4.97. The molecule has 1 aliphatic rings. The second-order valence-electron chi connectivity index (χ2n) is 4.95. The van der Waals surface area contributed by atoms with Crippen LogP contribution in [0.3, 0.4) is 0 Å². The highest BCUT2D eigenvalue weighted by molar-refractivity contribution is 8.13. The van der Waals surface area contributed by atoms with Gasteiger partial charge in [0.2, 0.25) is 0 Å². The lowest BCUT2D eigenvalue weighted by molar-refractivity contribution is 0.0696. The van der Waals surface area contributed by atoms with Crippen LogP contribution in [0, 0.1) is 12.8 Å². The normalized spacial score (nSPS) is 15.7. The van der Waals surface area contributed by atoms with Crippen LogP contribution in [0.15, 0.2) is 17.0 Å². The van der Waals surface area contributed by atoms with E-state index in [0.717, 1.165) is 18.9 Å². The number of benzene rings is 1. The maximum absolute atomic E-state index is 11.5. The molecule has 0 heterocycles. The summed E-state index contributed by atoms with van der Waals surface area (Å²) >= 11 is 0. The summed E-state index contributed by atoms with van der Waals surface area (Å²) in [6.07, 6.45) is 3.33. The Morgan fingerprint density at radius 2 is 2.10 bits per heavy atom. The van der Waals surface area contributed by atoms with E-state index in [-0.39, 0.29) is 16.2 Å². The predicted molar refractivity (Wildman–Crippen MR) is 74.0 cm³/mol. The highest BCUT2D eigenvalue weighted by Gasteiger charge is 2.22. The molecule has 1 aromatic carbocycles. The number of hydrogen-bond donors (Lipinski definition) is 1. The lowest BCUT2D eigenvalue weighted by atomic mass is 9.86. The second kappa shape index (κ2) is 5.61. The summed E-state index contributed by atoms with van der Waals surface area (Å²) in [5.41, 5.74) is 0.183. The summed E-state index contributed by atoms with van der Waals surface area (Å²) in [4.78, 5) is 10.8. The van der Waals surface area contributed by atoms with Gasteiger partial charge in [-0.2, -0.15) is 0 Å². The van der Waals surface area contributed by atoms with Gasteiger partial charge >= 0.3 is 5.97 Å². The van der Waals surface area contributed by atoms with Gasteiger partial charge in [-0.15, -0.1) is 0 Å². The fourth-order valence-electron chi connectivity index (χ4n) is 2.06. The minimum Gasteiger partial charge on any atom is -0.493 e. The van der Waals surface area contributed by atoms with E-state index in [1.165, 1.54) is 12.5 Å². The van der Waals surface area contributed by atoms with Gasteiger partial charge < -0.3 is 9.84 Å². The molecule has 0 aliphatic heterocycles. The van der Waals surface area contributed by atoms with Crippen molar-refractivity contribution in [2.75, 3.05) is 6.61 Å². The minimum absolute atomic E-state index is 0.154. The van der Waals surface area contributed by atoms with Crippen molar-refractivity contribution in [3.8, 4) is 5.75 Å². The average Bonchev–Trinajstić information content (AvgIpc) is 2.27. The van der Waals surface area contributed by atoms with Gasteiger partial charge in [-0.25, -0.2) is 13.2 Å². The second-order valence-corrected chi connectivity index (χ2v) is 7.48. The first-order valence-electron chi connectivity index (χ1n) is 6.24. The largest absolute Gasteiger partial charge is 0.493 e. The summed E-state index contributed by atoms with van der Waals surface area (Å²) in [6, 6.07) is 2.39. The number of hydrogen-bond acceptors (Lipinski definition) is 4. The molecule has 0 spiro atoms. The maximum Gasteiger partial charge on any atom is 0.335 e. The molecule has 0 aromatic heterocycles. The quantitative estimate of drug-likeness (QED) is 0.844. The summed E-state index contributed by atoms with van der Waals surface area (Å²) in [7, 11) is 1.32. The Bertz CT molecular complexity index is 634. The van der Waals surface area contributed by atoms with Crippen LogP contribution in [0.5, 0.6) is 5.75 Å². The zero-order valence-corrected chi connectivity index (χ0v) is 12.5. The molecule has 1 saturated carbocycles. The van der Waals surface area contributed by atoms with Crippen LogP contribution in [-0.2, 0) is 9.05 Å². The Morgan fingerprint density at radius 3 is 2.55 bits per heavy atom. The van der Waals surface area contributed by atoms with Crippen molar-refractivity contribution in [2.24, 2.45) is 5.92 Å². The molecule has 20 heavy (non-hydrogen) atoms. The number of rotatable bonds is 5. The Morgan fingerprint density at radius 1 is 1.45 bits per heavy atom. The monoisotopic (exact) mass is 318 g/mol. The Balaban J connectivity index is 2.37. The molecule has 2 rings (SSSR count). The standard InChI is InChI=1S/C13H15ClO5S/c1-8-11(19-7-9-3-2-4-9)5-10(13(15)16)6-12(8)20(14,17)18/h5-6,9H,2-4,7H2,1H3,(H,15,16). The van der Waals surface area contributed by atoms with E-state index in [1.54, 1.807) is 6.92 Å². The summed E-state index contributed by atoms with van der Waals surface area (Å²) < 4.78 is 28.6. The molecule has 5 nitrogen and oxygen atoms in total. The molecule has 0 atom stereocenters. The summed E-state index contributed by atoms with van der Waals surface area (Å²) in [5, 5.41) is 9.03. The Kier molecular flexibility index (Phi) is 4.25. The molecule has 110 valence electrons. The van der Waals surface area contributed by atoms with E-state index >= 15 is 0 Å². The molecule has 1 aromatic rings. The molecular formula is C13H15ClO5S. The average molecular weight is 319 g/mol. The fourth-order valence-corrected chi connectivity index (χ4v) is 3.27. The highest BCUT2D eigenvalue weighted by Crippen LogP contribution is 2.32. The van der Waals surface area contributed by atoms with E-state index in [4.69, 9.17) is 20.5 Å². The van der Waals surface area contributed by atoms with Gasteiger partial charge in [0.05, 0.1) is 17.1 Å². The number of carbonyl (C=O) groups is 1. The molecule has 0 bridgehead atoms. The predicted octanol–water partition coefficient (Wildman–Crippen LogP) is 2.80. The number of halogens is 1. The van der Waals surface area contributed by atoms with Crippen molar-refractivity contribution >= 4 is 25.7 Å². The molecule has 0 saturated heterocycles. The van der Waals surface area contributed by atoms with Crippen molar-refractivity contribution in [3.05, 3.63) is 23.3 Å². The van der Waals surface area contributed by atoms with Crippen LogP contribution in [0.4, 0.5) is 0 Å². The first-order valence-corrected chi connectivity index (χ1v) is 8.55. The smallest absolute Gasteiger partial charge is 0.335 e. The number of carboxylic acids is 1. The van der Waals surface area contributed by atoms with Gasteiger partial charge in [-0.05, 0) is 37.8 Å². The van der Waals surface area contributed by atoms with Crippen molar-refractivity contribution in [1.29, 1.82) is 0 Å². The molecule has 1 aliphatic carbocycles. The highest BCUT2D eigenvalue weighted by atomic mass is 35.7. The zero-order valence-electron chi connectivity index (χ0n) is 10.9. The minimum atomic E-state index is -4.01. The van der Waals surface area contributed by atoms with Crippen LogP contribution < -0.4 is 4.74 Å². The maximum atomic E-state index is 11.5. The topological polar surface area (TPSA) is 80.7 Å². The molecule has 1 N–H and O–H groups in total. The van der Waals surface area contributed by atoms with Crippen molar-refractivity contribution < 1.29 is 23.1 Å². The van der Waals surface area contributed by atoms with Gasteiger partial charge in [0, 0.05) is 16.2 Å². The van der Waals surface area contributed by atoms with Crippen LogP contribution in [0.2, 0.25) is 0 Å². The van der Waals surface area contributed by atoms with E-state index in [1.807, 2.05) is 0 Å². The van der Waals surface area contributed by atoms with Gasteiger partial charge in [0.1, 0.15) is 5.75 Å². The third kappa shape index (κ3) is 3.24. The van der Waals surface area contributed by atoms with Gasteiger partial charge in [0.25, 0.3) is 9.05 Å². The van der Waals surface area contributed by atoms with E-state index in [0.29, 0.717) is 18.1 Å². The first kappa shape index (κ1) is 15.1. The molecule has 0 amide bonds. The molecule has 0 unspecified atom stereocenters. The summed E-state index contributed by atoms with van der Waals surface area (Å²) in [5.74, 6) is -0.505. The zero-order chi connectivity index (χ0) is 14.9. The van der Waals surface area contributed by atoms with Crippen molar-refractivity contribution in [3.63, 3.8) is 0 Å². The van der Waals surface area contributed by atoms with Gasteiger partial charge in [-0.1, -0.05) is 6.42 Å². The molecular weight excluding hydrogens is 304 g/mol. The number of carboxylic acid groups (broad SMARTS) is 1. The summed E-state index contributed by atoms with van der Waals surface area (Å²) in [6.45, 7) is 2.02. The van der Waals surface area contributed by atoms with E-state index < -0.39 is 15.0 Å². The van der Waals surface area contributed by atoms with Crippen LogP contribution in [-0.4, -0.2) is 26.1 Å². The number of ether oxygens (including phenoxy) is 1. The Labute approximate surface area is 121 Å². The van der Waals surface area contributed by atoms with Gasteiger partial charge in [0.15, 0.2) is 0 Å². The van der Waals surface area contributed by atoms with E-state index in [9.17, 15) is 13.2 Å². The molecule has 1 fully saturated rings. The third-order valence-electron chi connectivity index (χ3n) is 3.52. The lowest BCUT2D eigenvalue weighted by Gasteiger charge is -2.25. The molecule has 0 radical (unpaired) electrons. The van der Waals surface area contributed by atoms with Crippen LogP contribution in [0.1, 0.15) is 35.2 Å². The van der Waals surface area contributed by atoms with Gasteiger partial charge in [-0.3, -0.25) is 0 Å². The van der Waals surface area contributed by atoms with E-state index in [2.05, 4.69) is 0 Å². The van der Waals surface area contributed by atoms with Crippen molar-refractivity contribution in [2.45, 2.75) is 31.1 Å². The fraction of sp³-hybridized carbons (Fsp3) is 0.462. The lowest BCUT2D eigenvalue weighted by Crippen LogP contribution is -2.20. The van der Waals surface area contributed by atoms with Crippen LogP contribution >= 0.6 is 10.7 Å².